The van der Waals surface area contributed by atoms with E-state index in [0.29, 0.717) is 24.7 Å². The van der Waals surface area contributed by atoms with Gasteiger partial charge in [0.05, 0.1) is 0 Å². The molecule has 2 atom stereocenters. The normalized spacial score (nSPS) is 18.5. The molecule has 0 saturated heterocycles. The molecule has 1 saturated carbocycles. The van der Waals surface area contributed by atoms with E-state index in [0.717, 1.165) is 12.8 Å². The highest BCUT2D eigenvalue weighted by atomic mass is 16.2. The van der Waals surface area contributed by atoms with Gasteiger partial charge in [0.25, 0.3) is 0 Å². The van der Waals surface area contributed by atoms with Gasteiger partial charge in [0.1, 0.15) is 0 Å². The summed E-state index contributed by atoms with van der Waals surface area (Å²) in [5.74, 6) is 1.28. The van der Waals surface area contributed by atoms with Crippen molar-refractivity contribution in [3.63, 3.8) is 0 Å². The average molecular weight is 325 g/mol. The van der Waals surface area contributed by atoms with Crippen LogP contribution in [0.15, 0.2) is 0 Å². The first-order valence-corrected chi connectivity index (χ1v) is 9.45. The van der Waals surface area contributed by atoms with Crippen molar-refractivity contribution in [2.75, 3.05) is 0 Å². The van der Waals surface area contributed by atoms with Gasteiger partial charge < -0.3 is 10.6 Å². The lowest BCUT2D eigenvalue weighted by Gasteiger charge is -2.22. The molecule has 4 nitrogen and oxygen atoms in total. The molecule has 0 aliphatic heterocycles. The molecule has 0 aromatic carbocycles. The molecule has 0 aromatic rings. The van der Waals surface area contributed by atoms with Crippen LogP contribution in [0.25, 0.3) is 0 Å². The van der Waals surface area contributed by atoms with Gasteiger partial charge in [-0.1, -0.05) is 26.2 Å². The van der Waals surface area contributed by atoms with Crippen molar-refractivity contribution in [1.29, 1.82) is 0 Å². The zero-order chi connectivity index (χ0) is 17.2. The molecular formula is C19H36N2O2. The van der Waals surface area contributed by atoms with Crippen LogP contribution in [0, 0.1) is 11.8 Å². The molecule has 0 heterocycles. The van der Waals surface area contributed by atoms with Crippen molar-refractivity contribution in [3.8, 4) is 0 Å². The van der Waals surface area contributed by atoms with E-state index in [1.807, 2.05) is 13.8 Å². The first kappa shape index (κ1) is 20.0. The van der Waals surface area contributed by atoms with E-state index in [9.17, 15) is 9.59 Å². The highest BCUT2D eigenvalue weighted by molar-refractivity contribution is 5.76. The molecule has 0 bridgehead atoms. The molecule has 23 heavy (non-hydrogen) atoms. The Morgan fingerprint density at radius 1 is 0.913 bits per heavy atom. The SMILES string of the molecule is CC(CCC(C)NC(=O)CC1CCCCC1)CC(=O)NC(C)C. The van der Waals surface area contributed by atoms with Gasteiger partial charge in [-0.2, -0.15) is 0 Å². The quantitative estimate of drug-likeness (QED) is 0.678. The largest absolute Gasteiger partial charge is 0.354 e. The Labute approximate surface area is 142 Å². The number of carbonyl (C=O) groups is 2. The molecule has 1 rings (SSSR count). The van der Waals surface area contributed by atoms with Crippen molar-refractivity contribution in [2.24, 2.45) is 11.8 Å². The number of nitrogens with one attached hydrogen (secondary N) is 2. The van der Waals surface area contributed by atoms with E-state index in [2.05, 4.69) is 24.5 Å². The minimum Gasteiger partial charge on any atom is -0.354 e. The Morgan fingerprint density at radius 3 is 2.17 bits per heavy atom. The fraction of sp³-hybridized carbons (Fsp3) is 0.895. The summed E-state index contributed by atoms with van der Waals surface area (Å²) in [6.45, 7) is 8.13. The van der Waals surface area contributed by atoms with Gasteiger partial charge >= 0.3 is 0 Å². The number of rotatable bonds is 9. The molecule has 1 aliphatic carbocycles. The van der Waals surface area contributed by atoms with E-state index in [4.69, 9.17) is 0 Å². The molecule has 0 radical (unpaired) electrons. The molecule has 1 fully saturated rings. The standard InChI is InChI=1S/C19H36N2O2/c1-14(2)20-18(22)12-15(3)10-11-16(4)21-19(23)13-17-8-6-5-7-9-17/h14-17H,5-13H2,1-4H3,(H,20,22)(H,21,23). The van der Waals surface area contributed by atoms with E-state index in [-0.39, 0.29) is 23.9 Å². The molecule has 0 spiro atoms. The van der Waals surface area contributed by atoms with Crippen LogP contribution in [0.1, 0.15) is 85.5 Å². The Morgan fingerprint density at radius 2 is 1.57 bits per heavy atom. The highest BCUT2D eigenvalue weighted by Gasteiger charge is 2.18. The van der Waals surface area contributed by atoms with Crippen LogP contribution in [0.3, 0.4) is 0 Å². The van der Waals surface area contributed by atoms with Gasteiger partial charge in [0.2, 0.25) is 11.8 Å². The summed E-state index contributed by atoms with van der Waals surface area (Å²) >= 11 is 0. The van der Waals surface area contributed by atoms with Crippen molar-refractivity contribution in [2.45, 2.75) is 97.6 Å². The van der Waals surface area contributed by atoms with Gasteiger partial charge in [0, 0.05) is 24.9 Å². The molecule has 4 heteroatoms. The molecule has 2 N–H and O–H groups in total. The third kappa shape index (κ3) is 9.62. The first-order valence-electron chi connectivity index (χ1n) is 9.45. The van der Waals surface area contributed by atoms with Gasteiger partial charge in [-0.25, -0.2) is 0 Å². The fourth-order valence-electron chi connectivity index (χ4n) is 3.39. The maximum absolute atomic E-state index is 12.1. The fourth-order valence-corrected chi connectivity index (χ4v) is 3.39. The third-order valence-corrected chi connectivity index (χ3v) is 4.68. The summed E-state index contributed by atoms with van der Waals surface area (Å²) in [7, 11) is 0. The zero-order valence-electron chi connectivity index (χ0n) is 15.5. The predicted molar refractivity (Wildman–Crippen MR) is 95.1 cm³/mol. The van der Waals surface area contributed by atoms with Crippen LogP contribution >= 0.6 is 0 Å². The smallest absolute Gasteiger partial charge is 0.220 e. The Balaban J connectivity index is 2.15. The lowest BCUT2D eigenvalue weighted by atomic mass is 9.87. The summed E-state index contributed by atoms with van der Waals surface area (Å²) in [4.78, 5) is 23.8. The van der Waals surface area contributed by atoms with E-state index in [1.165, 1.54) is 32.1 Å². The van der Waals surface area contributed by atoms with Gasteiger partial charge in [-0.15, -0.1) is 0 Å². The molecule has 134 valence electrons. The van der Waals surface area contributed by atoms with E-state index < -0.39 is 0 Å². The topological polar surface area (TPSA) is 58.2 Å². The van der Waals surface area contributed by atoms with Crippen LogP contribution in [0.2, 0.25) is 0 Å². The minimum absolute atomic E-state index is 0.126. The molecule has 2 amide bonds. The second-order valence-corrected chi connectivity index (χ2v) is 7.79. The van der Waals surface area contributed by atoms with E-state index in [1.54, 1.807) is 0 Å². The number of amides is 2. The number of hydrogen-bond acceptors (Lipinski definition) is 2. The van der Waals surface area contributed by atoms with E-state index >= 15 is 0 Å². The Hall–Kier alpha value is -1.06. The van der Waals surface area contributed by atoms with Gasteiger partial charge in [-0.05, 0) is 58.3 Å². The van der Waals surface area contributed by atoms with Crippen molar-refractivity contribution in [3.05, 3.63) is 0 Å². The molecule has 1 aliphatic rings. The van der Waals surface area contributed by atoms with Crippen molar-refractivity contribution >= 4 is 11.8 Å². The zero-order valence-corrected chi connectivity index (χ0v) is 15.5. The van der Waals surface area contributed by atoms with Gasteiger partial charge in [-0.3, -0.25) is 9.59 Å². The van der Waals surface area contributed by atoms with Crippen LogP contribution < -0.4 is 10.6 Å². The average Bonchev–Trinajstić information content (AvgIpc) is 2.45. The summed E-state index contributed by atoms with van der Waals surface area (Å²) < 4.78 is 0. The third-order valence-electron chi connectivity index (χ3n) is 4.68. The maximum atomic E-state index is 12.1. The lowest BCUT2D eigenvalue weighted by molar-refractivity contribution is -0.123. The Kier molecular flexibility index (Phi) is 9.27. The number of hydrogen-bond donors (Lipinski definition) is 2. The monoisotopic (exact) mass is 324 g/mol. The summed E-state index contributed by atoms with van der Waals surface area (Å²) in [6.07, 6.45) is 9.48. The van der Waals surface area contributed by atoms with Crippen LogP contribution in [-0.2, 0) is 9.59 Å². The number of carbonyl (C=O) groups excluding carboxylic acids is 2. The van der Waals surface area contributed by atoms with Gasteiger partial charge in [0.15, 0.2) is 0 Å². The lowest BCUT2D eigenvalue weighted by Crippen LogP contribution is -2.34. The summed E-state index contributed by atoms with van der Waals surface area (Å²) in [5, 5.41) is 6.06. The maximum Gasteiger partial charge on any atom is 0.220 e. The predicted octanol–water partition coefficient (Wildman–Crippen LogP) is 3.79. The molecular weight excluding hydrogens is 288 g/mol. The van der Waals surface area contributed by atoms with Crippen LogP contribution in [0.4, 0.5) is 0 Å². The second-order valence-electron chi connectivity index (χ2n) is 7.79. The van der Waals surface area contributed by atoms with Crippen molar-refractivity contribution < 1.29 is 9.59 Å². The van der Waals surface area contributed by atoms with Crippen LogP contribution in [0.5, 0.6) is 0 Å². The Bertz CT molecular complexity index is 362. The molecule has 2 unspecified atom stereocenters. The van der Waals surface area contributed by atoms with Crippen molar-refractivity contribution in [1.82, 2.24) is 10.6 Å². The summed E-state index contributed by atoms with van der Waals surface area (Å²) in [6, 6.07) is 0.398. The second kappa shape index (κ2) is 10.7. The highest BCUT2D eigenvalue weighted by Crippen LogP contribution is 2.26. The van der Waals surface area contributed by atoms with Crippen LogP contribution in [-0.4, -0.2) is 23.9 Å². The molecule has 0 aromatic heterocycles. The minimum atomic E-state index is 0.126. The first-order chi connectivity index (χ1) is 10.9. The summed E-state index contributed by atoms with van der Waals surface area (Å²) in [5.41, 5.74) is 0.